The monoisotopic (exact) mass is 353 g/mol. The van der Waals surface area contributed by atoms with Gasteiger partial charge >= 0.3 is 0 Å². The summed E-state index contributed by atoms with van der Waals surface area (Å²) in [5, 5.41) is 2.94. The highest BCUT2D eigenvalue weighted by Gasteiger charge is 2.21. The van der Waals surface area contributed by atoms with Crippen LogP contribution >= 0.6 is 0 Å². The van der Waals surface area contributed by atoms with Gasteiger partial charge in [0.2, 0.25) is 5.95 Å². The molecule has 138 valence electrons. The summed E-state index contributed by atoms with van der Waals surface area (Å²) in [6, 6.07) is 10.2. The van der Waals surface area contributed by atoms with Crippen LogP contribution in [0.3, 0.4) is 0 Å². The second-order valence-electron chi connectivity index (χ2n) is 7.76. The zero-order valence-corrected chi connectivity index (χ0v) is 16.0. The number of aromatic nitrogens is 2. The Balaban J connectivity index is 1.66. The van der Waals surface area contributed by atoms with Gasteiger partial charge in [-0.2, -0.15) is 0 Å². The van der Waals surface area contributed by atoms with E-state index in [1.54, 1.807) is 12.3 Å². The summed E-state index contributed by atoms with van der Waals surface area (Å²) in [5.41, 5.74) is 2.64. The van der Waals surface area contributed by atoms with Gasteiger partial charge < -0.3 is 15.1 Å². The number of amides is 1. The maximum absolute atomic E-state index is 12.3. The lowest BCUT2D eigenvalue weighted by molar-refractivity contribution is 0.0914. The van der Waals surface area contributed by atoms with E-state index < -0.39 is 0 Å². The maximum atomic E-state index is 12.3. The predicted octanol–water partition coefficient (Wildman–Crippen LogP) is 2.64. The zero-order valence-electron chi connectivity index (χ0n) is 16.0. The Hall–Kier alpha value is -2.63. The lowest BCUT2D eigenvalue weighted by Gasteiger charge is -2.36. The molecule has 6 heteroatoms. The van der Waals surface area contributed by atoms with Gasteiger partial charge in [0.1, 0.15) is 5.69 Å². The molecule has 26 heavy (non-hydrogen) atoms. The number of aryl methyl sites for hydroxylation is 1. The summed E-state index contributed by atoms with van der Waals surface area (Å²) in [6.45, 7) is 11.5. The van der Waals surface area contributed by atoms with Gasteiger partial charge in [-0.15, -0.1) is 0 Å². The fourth-order valence-electron chi connectivity index (χ4n) is 3.02. The van der Waals surface area contributed by atoms with Crippen LogP contribution in [0.2, 0.25) is 0 Å². The van der Waals surface area contributed by atoms with Crippen molar-refractivity contribution in [2.75, 3.05) is 36.0 Å². The molecule has 1 N–H and O–H groups in total. The Kier molecular flexibility index (Phi) is 5.11. The average molecular weight is 353 g/mol. The average Bonchev–Trinajstić information content (AvgIpc) is 2.60. The molecule has 0 bridgehead atoms. The maximum Gasteiger partial charge on any atom is 0.270 e. The smallest absolute Gasteiger partial charge is 0.270 e. The number of piperazine rings is 1. The number of nitrogens with zero attached hydrogens (tertiary/aromatic N) is 4. The Morgan fingerprint density at radius 1 is 1.08 bits per heavy atom. The van der Waals surface area contributed by atoms with E-state index in [-0.39, 0.29) is 11.4 Å². The van der Waals surface area contributed by atoms with Gasteiger partial charge in [0.15, 0.2) is 0 Å². The highest BCUT2D eigenvalue weighted by atomic mass is 16.2. The van der Waals surface area contributed by atoms with Gasteiger partial charge in [-0.3, -0.25) is 4.79 Å². The first-order valence-electron chi connectivity index (χ1n) is 9.04. The third-order valence-corrected chi connectivity index (χ3v) is 4.29. The Morgan fingerprint density at radius 2 is 1.77 bits per heavy atom. The lowest BCUT2D eigenvalue weighted by atomic mass is 10.1. The summed E-state index contributed by atoms with van der Waals surface area (Å²) in [7, 11) is 0. The molecule has 1 saturated heterocycles. The van der Waals surface area contributed by atoms with E-state index in [1.165, 1.54) is 11.3 Å². The molecular formula is C20H27N5O. The number of anilines is 2. The number of carbonyl (C=O) groups excluding carboxylic acids is 1. The minimum atomic E-state index is -0.290. The molecule has 1 aliphatic rings. The predicted molar refractivity (Wildman–Crippen MR) is 105 cm³/mol. The number of rotatable bonds is 3. The summed E-state index contributed by atoms with van der Waals surface area (Å²) in [5.74, 6) is 0.454. The van der Waals surface area contributed by atoms with Crippen molar-refractivity contribution < 1.29 is 4.79 Å². The van der Waals surface area contributed by atoms with E-state index in [0.717, 1.165) is 26.2 Å². The van der Waals surface area contributed by atoms with E-state index in [0.29, 0.717) is 11.6 Å². The fourth-order valence-corrected chi connectivity index (χ4v) is 3.02. The molecular weight excluding hydrogens is 326 g/mol. The van der Waals surface area contributed by atoms with Crippen LogP contribution in [-0.4, -0.2) is 47.6 Å². The largest absolute Gasteiger partial charge is 0.368 e. The first kappa shape index (κ1) is 18.2. The highest BCUT2D eigenvalue weighted by molar-refractivity contribution is 5.92. The van der Waals surface area contributed by atoms with Crippen molar-refractivity contribution >= 4 is 17.5 Å². The number of nitrogens with one attached hydrogen (secondary N) is 1. The Bertz CT molecular complexity index is 776. The number of benzene rings is 1. The summed E-state index contributed by atoms with van der Waals surface area (Å²) in [6.07, 6.45) is 1.66. The summed E-state index contributed by atoms with van der Waals surface area (Å²) >= 11 is 0. The van der Waals surface area contributed by atoms with Gasteiger partial charge in [0, 0.05) is 43.6 Å². The second kappa shape index (κ2) is 7.32. The second-order valence-corrected chi connectivity index (χ2v) is 7.76. The van der Waals surface area contributed by atoms with Crippen LogP contribution in [0.1, 0.15) is 36.8 Å². The molecule has 1 aromatic heterocycles. The Morgan fingerprint density at radius 3 is 2.42 bits per heavy atom. The molecule has 1 aromatic carbocycles. The van der Waals surface area contributed by atoms with Crippen LogP contribution < -0.4 is 15.1 Å². The molecule has 6 nitrogen and oxygen atoms in total. The third-order valence-electron chi connectivity index (χ3n) is 4.29. The van der Waals surface area contributed by atoms with E-state index in [1.807, 2.05) is 20.8 Å². The van der Waals surface area contributed by atoms with Gasteiger partial charge in [0.25, 0.3) is 5.91 Å². The van der Waals surface area contributed by atoms with Crippen molar-refractivity contribution in [3.8, 4) is 0 Å². The van der Waals surface area contributed by atoms with Crippen molar-refractivity contribution in [3.63, 3.8) is 0 Å². The molecule has 0 spiro atoms. The van der Waals surface area contributed by atoms with E-state index in [4.69, 9.17) is 0 Å². The first-order chi connectivity index (χ1) is 12.3. The van der Waals surface area contributed by atoms with Crippen molar-refractivity contribution in [3.05, 3.63) is 47.8 Å². The molecule has 3 rings (SSSR count). The molecule has 0 atom stereocenters. The molecule has 1 fully saturated rings. The number of carbonyl (C=O) groups is 1. The van der Waals surface area contributed by atoms with E-state index >= 15 is 0 Å². The molecule has 2 heterocycles. The van der Waals surface area contributed by atoms with Crippen LogP contribution in [0.5, 0.6) is 0 Å². The van der Waals surface area contributed by atoms with Gasteiger partial charge in [-0.1, -0.05) is 12.1 Å². The van der Waals surface area contributed by atoms with E-state index in [9.17, 15) is 4.79 Å². The topological polar surface area (TPSA) is 61.4 Å². The van der Waals surface area contributed by atoms with Crippen molar-refractivity contribution in [2.24, 2.45) is 0 Å². The zero-order chi connectivity index (χ0) is 18.7. The standard InChI is InChI=1S/C20H27N5O/c1-15-6-5-7-16(14-15)24-10-12-25(13-11-24)19-21-9-8-17(22-19)18(26)23-20(2,3)4/h5-9,14H,10-13H2,1-4H3,(H,23,26). The Labute approximate surface area is 155 Å². The number of hydrogen-bond donors (Lipinski definition) is 1. The normalized spacial score (nSPS) is 15.1. The van der Waals surface area contributed by atoms with Crippen LogP contribution in [0.25, 0.3) is 0 Å². The minimum absolute atomic E-state index is 0.167. The molecule has 0 radical (unpaired) electrons. The van der Waals surface area contributed by atoms with Gasteiger partial charge in [0.05, 0.1) is 0 Å². The minimum Gasteiger partial charge on any atom is -0.368 e. The van der Waals surface area contributed by atoms with E-state index in [2.05, 4.69) is 56.3 Å². The van der Waals surface area contributed by atoms with Crippen LogP contribution in [-0.2, 0) is 0 Å². The number of hydrogen-bond acceptors (Lipinski definition) is 5. The quantitative estimate of drug-likeness (QED) is 0.919. The van der Waals surface area contributed by atoms with Crippen LogP contribution in [0.15, 0.2) is 36.5 Å². The SMILES string of the molecule is Cc1cccc(N2CCN(c3nccc(C(=O)NC(C)(C)C)n3)CC2)c1. The van der Waals surface area contributed by atoms with Crippen molar-refractivity contribution in [2.45, 2.75) is 33.2 Å². The van der Waals surface area contributed by atoms with Crippen molar-refractivity contribution in [1.29, 1.82) is 0 Å². The molecule has 0 unspecified atom stereocenters. The van der Waals surface area contributed by atoms with Gasteiger partial charge in [-0.25, -0.2) is 9.97 Å². The van der Waals surface area contributed by atoms with Crippen molar-refractivity contribution in [1.82, 2.24) is 15.3 Å². The highest BCUT2D eigenvalue weighted by Crippen LogP contribution is 2.19. The van der Waals surface area contributed by atoms with Gasteiger partial charge in [-0.05, 0) is 51.5 Å². The molecule has 0 saturated carbocycles. The molecule has 0 aliphatic carbocycles. The molecule has 1 aliphatic heterocycles. The molecule has 1 amide bonds. The fraction of sp³-hybridized carbons (Fsp3) is 0.450. The van der Waals surface area contributed by atoms with Crippen LogP contribution in [0, 0.1) is 6.92 Å². The summed E-state index contributed by atoms with van der Waals surface area (Å²) < 4.78 is 0. The van der Waals surface area contributed by atoms with Crippen LogP contribution in [0.4, 0.5) is 11.6 Å². The third kappa shape index (κ3) is 4.50. The molecule has 2 aromatic rings. The lowest BCUT2D eigenvalue weighted by Crippen LogP contribution is -2.47. The summed E-state index contributed by atoms with van der Waals surface area (Å²) in [4.78, 5) is 25.7. The first-order valence-corrected chi connectivity index (χ1v) is 9.04.